The van der Waals surface area contributed by atoms with Gasteiger partial charge in [-0.05, 0) is 92.9 Å². The Morgan fingerprint density at radius 3 is 2.41 bits per heavy atom. The van der Waals surface area contributed by atoms with Crippen LogP contribution in [-0.2, 0) is 4.79 Å². The van der Waals surface area contributed by atoms with Crippen LogP contribution in [0.15, 0.2) is 30.4 Å². The molecule has 0 spiro atoms. The smallest absolute Gasteiger partial charge is 0.319 e. The molecule has 0 radical (unpaired) electrons. The summed E-state index contributed by atoms with van der Waals surface area (Å²) in [4.78, 5) is 27.4. The number of carbonyl (C=O) groups excluding carboxylic acids is 2. The number of fused-ring (bicyclic) bond motifs is 5. The number of amides is 3. The Kier molecular flexibility index (Phi) is 5.76. The molecule has 3 aliphatic carbocycles. The maximum Gasteiger partial charge on any atom is 0.319 e. The standard InChI is InChI=1S/C27H35Cl2N3O2/c1-25-10-8-21-19(7-12-27(3)26(21,2)11-9-23(33)32(27)4)20(25)5-6-22(25)31-24(34)30-18-14-16(28)13-17(29)15-18/h9,11,13-15,19-22H,5-8,10,12H2,1-4H3,(H2,30,31,34)/t19-,20-,21-,22-,25-,26+,27+/m0/s1. The Balaban J connectivity index is 1.33. The van der Waals surface area contributed by atoms with Crippen molar-refractivity contribution < 1.29 is 9.59 Å². The Hall–Kier alpha value is -1.72. The van der Waals surface area contributed by atoms with Gasteiger partial charge < -0.3 is 15.5 Å². The van der Waals surface area contributed by atoms with Crippen molar-refractivity contribution in [2.45, 2.75) is 70.9 Å². The number of rotatable bonds is 2. The predicted molar refractivity (Wildman–Crippen MR) is 137 cm³/mol. The monoisotopic (exact) mass is 503 g/mol. The number of benzene rings is 1. The second kappa shape index (κ2) is 8.16. The molecule has 4 aliphatic rings. The lowest BCUT2D eigenvalue weighted by Gasteiger charge is -2.64. The van der Waals surface area contributed by atoms with E-state index in [1.807, 2.05) is 11.9 Å². The number of nitrogens with zero attached hydrogens (tertiary/aromatic N) is 1. The summed E-state index contributed by atoms with van der Waals surface area (Å²) in [6.45, 7) is 7.04. The summed E-state index contributed by atoms with van der Waals surface area (Å²) in [7, 11) is 1.97. The van der Waals surface area contributed by atoms with Crippen molar-refractivity contribution in [3.8, 4) is 0 Å². The molecule has 184 valence electrons. The van der Waals surface area contributed by atoms with Gasteiger partial charge in [0.1, 0.15) is 0 Å². The van der Waals surface area contributed by atoms with Gasteiger partial charge in [-0.1, -0.05) is 43.1 Å². The van der Waals surface area contributed by atoms with Gasteiger partial charge in [-0.25, -0.2) is 4.79 Å². The van der Waals surface area contributed by atoms with Crippen molar-refractivity contribution in [2.24, 2.45) is 28.6 Å². The first-order valence-electron chi connectivity index (χ1n) is 12.5. The lowest BCUT2D eigenvalue weighted by molar-refractivity contribution is -0.154. The van der Waals surface area contributed by atoms with E-state index in [9.17, 15) is 9.59 Å². The fourth-order valence-corrected chi connectivity index (χ4v) is 8.70. The second-order valence-corrected chi connectivity index (χ2v) is 12.5. The quantitative estimate of drug-likeness (QED) is 0.482. The first-order valence-corrected chi connectivity index (χ1v) is 13.2. The summed E-state index contributed by atoms with van der Waals surface area (Å²) in [5.74, 6) is 1.87. The molecular formula is C27H35Cl2N3O2. The first-order chi connectivity index (χ1) is 16.0. The Morgan fingerprint density at radius 2 is 1.71 bits per heavy atom. The molecule has 7 heteroatoms. The lowest BCUT2D eigenvalue weighted by Crippen LogP contribution is -2.66. The molecule has 5 rings (SSSR count). The first kappa shape index (κ1) is 24.0. The van der Waals surface area contributed by atoms with E-state index in [4.69, 9.17) is 23.2 Å². The minimum atomic E-state index is -0.203. The van der Waals surface area contributed by atoms with Gasteiger partial charge in [-0.2, -0.15) is 0 Å². The summed E-state index contributed by atoms with van der Waals surface area (Å²) in [5.41, 5.74) is 0.520. The van der Waals surface area contributed by atoms with Crippen molar-refractivity contribution in [1.29, 1.82) is 0 Å². The number of anilines is 1. The van der Waals surface area contributed by atoms with E-state index in [0.29, 0.717) is 33.5 Å². The minimum Gasteiger partial charge on any atom is -0.336 e. The second-order valence-electron chi connectivity index (χ2n) is 11.6. The van der Waals surface area contributed by atoms with E-state index in [2.05, 4.69) is 37.5 Å². The maximum atomic E-state index is 12.9. The SMILES string of the molecule is CN1C(=O)C=C[C@]2(C)[C@H]3CC[C@]4(C)[C@@H](NC(=O)Nc5cc(Cl)cc(Cl)c5)CC[C@H]4[C@@H]3CC[C@@]12C. The summed E-state index contributed by atoms with van der Waals surface area (Å²) in [6.07, 6.45) is 10.5. The zero-order chi connectivity index (χ0) is 24.5. The van der Waals surface area contributed by atoms with Gasteiger partial charge in [-0.3, -0.25) is 4.79 Å². The predicted octanol–water partition coefficient (Wildman–Crippen LogP) is 6.51. The Morgan fingerprint density at radius 1 is 1.00 bits per heavy atom. The molecule has 1 aromatic carbocycles. The van der Waals surface area contributed by atoms with Gasteiger partial charge in [0.15, 0.2) is 0 Å². The van der Waals surface area contributed by atoms with Crippen LogP contribution in [0.1, 0.15) is 59.3 Å². The average Bonchev–Trinajstić information content (AvgIpc) is 3.08. The normalized spacial score (nSPS) is 40.9. The van der Waals surface area contributed by atoms with Crippen LogP contribution in [0.3, 0.4) is 0 Å². The van der Waals surface area contributed by atoms with Gasteiger partial charge in [-0.15, -0.1) is 0 Å². The molecule has 7 atom stereocenters. The van der Waals surface area contributed by atoms with E-state index < -0.39 is 0 Å². The van der Waals surface area contributed by atoms with Gasteiger partial charge in [0.2, 0.25) is 5.91 Å². The molecule has 5 nitrogen and oxygen atoms in total. The topological polar surface area (TPSA) is 61.4 Å². The van der Waals surface area contributed by atoms with E-state index >= 15 is 0 Å². The zero-order valence-electron chi connectivity index (χ0n) is 20.5. The highest BCUT2D eigenvalue weighted by Gasteiger charge is 2.64. The molecule has 3 amide bonds. The van der Waals surface area contributed by atoms with Gasteiger partial charge >= 0.3 is 6.03 Å². The molecule has 0 bridgehead atoms. The molecule has 0 saturated heterocycles. The molecule has 1 heterocycles. The Labute approximate surface area is 212 Å². The van der Waals surface area contributed by atoms with Crippen molar-refractivity contribution in [1.82, 2.24) is 10.2 Å². The van der Waals surface area contributed by atoms with Crippen LogP contribution in [0.2, 0.25) is 10.0 Å². The highest BCUT2D eigenvalue weighted by molar-refractivity contribution is 6.35. The van der Waals surface area contributed by atoms with E-state index in [-0.39, 0.29) is 34.3 Å². The van der Waals surface area contributed by atoms with Crippen LogP contribution in [-0.4, -0.2) is 35.5 Å². The lowest BCUT2D eigenvalue weighted by atomic mass is 9.45. The summed E-state index contributed by atoms with van der Waals surface area (Å²) < 4.78 is 0. The number of carbonyl (C=O) groups is 2. The van der Waals surface area contributed by atoms with Gasteiger partial charge in [0.05, 0.1) is 0 Å². The number of nitrogens with one attached hydrogen (secondary N) is 2. The summed E-state index contributed by atoms with van der Waals surface area (Å²) >= 11 is 12.2. The van der Waals surface area contributed by atoms with Crippen LogP contribution in [0.25, 0.3) is 0 Å². The maximum absolute atomic E-state index is 12.9. The van der Waals surface area contributed by atoms with Crippen molar-refractivity contribution in [3.63, 3.8) is 0 Å². The highest BCUT2D eigenvalue weighted by Crippen LogP contribution is 2.66. The number of urea groups is 1. The van der Waals surface area contributed by atoms with E-state index in [1.165, 1.54) is 0 Å². The van der Waals surface area contributed by atoms with Crippen LogP contribution < -0.4 is 10.6 Å². The molecular weight excluding hydrogens is 469 g/mol. The number of likely N-dealkylation sites (N-methyl/N-ethyl adjacent to an activating group) is 1. The third-order valence-electron chi connectivity index (χ3n) is 10.4. The summed E-state index contributed by atoms with van der Waals surface area (Å²) in [5, 5.41) is 7.19. The largest absolute Gasteiger partial charge is 0.336 e. The number of hydrogen-bond acceptors (Lipinski definition) is 2. The fourth-order valence-electron chi connectivity index (χ4n) is 8.17. The molecule has 0 unspecified atom stereocenters. The van der Waals surface area contributed by atoms with Gasteiger partial charge in [0.25, 0.3) is 0 Å². The molecule has 34 heavy (non-hydrogen) atoms. The van der Waals surface area contributed by atoms with Crippen LogP contribution in [0.4, 0.5) is 10.5 Å². The molecule has 1 aromatic rings. The molecule has 3 fully saturated rings. The molecule has 3 saturated carbocycles. The molecule has 1 aliphatic heterocycles. The van der Waals surface area contributed by atoms with E-state index in [1.54, 1.807) is 24.3 Å². The van der Waals surface area contributed by atoms with Gasteiger partial charge in [0, 0.05) is 39.8 Å². The molecule has 2 N–H and O–H groups in total. The van der Waals surface area contributed by atoms with Crippen LogP contribution in [0.5, 0.6) is 0 Å². The average molecular weight is 505 g/mol. The minimum absolute atomic E-state index is 0.0192. The highest BCUT2D eigenvalue weighted by atomic mass is 35.5. The van der Waals surface area contributed by atoms with Crippen molar-refractivity contribution >= 4 is 40.8 Å². The zero-order valence-corrected chi connectivity index (χ0v) is 22.0. The van der Waals surface area contributed by atoms with Crippen LogP contribution in [0, 0.1) is 28.6 Å². The number of hydrogen-bond donors (Lipinski definition) is 2. The van der Waals surface area contributed by atoms with Crippen LogP contribution >= 0.6 is 23.2 Å². The van der Waals surface area contributed by atoms with Crippen molar-refractivity contribution in [2.75, 3.05) is 12.4 Å². The third-order valence-corrected chi connectivity index (χ3v) is 10.8. The summed E-state index contributed by atoms with van der Waals surface area (Å²) in [6, 6.07) is 5.00. The Bertz CT molecular complexity index is 1040. The number of halogens is 2. The van der Waals surface area contributed by atoms with Crippen molar-refractivity contribution in [3.05, 3.63) is 40.4 Å². The third kappa shape index (κ3) is 3.49. The fraction of sp³-hybridized carbons (Fsp3) is 0.630. The molecule has 0 aromatic heterocycles. The van der Waals surface area contributed by atoms with E-state index in [0.717, 1.165) is 38.5 Å².